The standard InChI is InChI=1S/C8H5BrFNO3/c9-5-2-7(14)6(13)1-4(5)8(10)11-3-12/h1-2,8,13-14H. The summed E-state index contributed by atoms with van der Waals surface area (Å²) in [6.45, 7) is 0. The molecule has 1 unspecified atom stereocenters. The van der Waals surface area contributed by atoms with Gasteiger partial charge in [0, 0.05) is 10.0 Å². The Balaban J connectivity index is 3.21. The lowest BCUT2D eigenvalue weighted by Gasteiger charge is -2.06. The van der Waals surface area contributed by atoms with Gasteiger partial charge >= 0.3 is 0 Å². The zero-order valence-corrected chi connectivity index (χ0v) is 8.32. The van der Waals surface area contributed by atoms with Crippen LogP contribution in [0.25, 0.3) is 0 Å². The van der Waals surface area contributed by atoms with Crippen LogP contribution < -0.4 is 0 Å². The number of alkyl halides is 1. The molecule has 4 nitrogen and oxygen atoms in total. The first-order chi connectivity index (χ1) is 6.56. The molecule has 0 aliphatic heterocycles. The molecule has 2 N–H and O–H groups in total. The van der Waals surface area contributed by atoms with E-state index in [1.807, 2.05) is 0 Å². The van der Waals surface area contributed by atoms with Crippen molar-refractivity contribution in [3.8, 4) is 11.5 Å². The summed E-state index contributed by atoms with van der Waals surface area (Å²) in [6.07, 6.45) is -0.847. The molecule has 14 heavy (non-hydrogen) atoms. The van der Waals surface area contributed by atoms with E-state index in [0.717, 1.165) is 18.2 Å². The highest BCUT2D eigenvalue weighted by Crippen LogP contribution is 2.35. The molecule has 0 bridgehead atoms. The van der Waals surface area contributed by atoms with Crippen molar-refractivity contribution >= 4 is 22.0 Å². The minimum absolute atomic E-state index is 0.0522. The maximum atomic E-state index is 13.1. The third-order valence-corrected chi connectivity index (χ3v) is 2.20. The lowest BCUT2D eigenvalue weighted by molar-refractivity contribution is 0.350. The summed E-state index contributed by atoms with van der Waals surface area (Å²) in [7, 11) is 0. The Hall–Kier alpha value is -1.39. The molecule has 1 rings (SSSR count). The van der Waals surface area contributed by atoms with E-state index in [1.54, 1.807) is 0 Å². The van der Waals surface area contributed by atoms with Crippen LogP contribution in [0.4, 0.5) is 4.39 Å². The third-order valence-electron chi connectivity index (χ3n) is 1.52. The normalized spacial score (nSPS) is 11.9. The molecule has 0 fully saturated rings. The van der Waals surface area contributed by atoms with E-state index >= 15 is 0 Å². The van der Waals surface area contributed by atoms with Gasteiger partial charge in [0.05, 0.1) is 0 Å². The van der Waals surface area contributed by atoms with Crippen LogP contribution in [0, 0.1) is 0 Å². The van der Waals surface area contributed by atoms with E-state index < -0.39 is 12.0 Å². The topological polar surface area (TPSA) is 69.9 Å². The van der Waals surface area contributed by atoms with E-state index in [9.17, 15) is 9.18 Å². The van der Waals surface area contributed by atoms with Crippen LogP contribution in [-0.2, 0) is 4.79 Å². The van der Waals surface area contributed by atoms with Gasteiger partial charge in [-0.2, -0.15) is 4.99 Å². The van der Waals surface area contributed by atoms with E-state index in [2.05, 4.69) is 20.9 Å². The second-order valence-corrected chi connectivity index (χ2v) is 3.27. The Bertz CT molecular complexity index is 404. The fraction of sp³-hybridized carbons (Fsp3) is 0.125. The van der Waals surface area contributed by atoms with Crippen molar-refractivity contribution in [2.45, 2.75) is 6.30 Å². The number of hydrogen-bond acceptors (Lipinski definition) is 4. The summed E-state index contributed by atoms with van der Waals surface area (Å²) in [5, 5.41) is 18.1. The Morgan fingerprint density at radius 1 is 1.43 bits per heavy atom. The predicted molar refractivity (Wildman–Crippen MR) is 49.4 cm³/mol. The second-order valence-electron chi connectivity index (χ2n) is 2.42. The molecule has 0 aromatic heterocycles. The summed E-state index contributed by atoms with van der Waals surface area (Å²) in [6, 6.07) is 2.09. The van der Waals surface area contributed by atoms with Gasteiger partial charge in [-0.05, 0) is 12.1 Å². The number of phenolic OH excluding ortho intramolecular Hbond substituents is 2. The van der Waals surface area contributed by atoms with E-state index in [1.165, 1.54) is 0 Å². The molecule has 0 saturated carbocycles. The van der Waals surface area contributed by atoms with Gasteiger partial charge in [0.15, 0.2) is 11.5 Å². The van der Waals surface area contributed by atoms with Crippen molar-refractivity contribution in [1.29, 1.82) is 0 Å². The van der Waals surface area contributed by atoms with Crippen molar-refractivity contribution in [2.75, 3.05) is 0 Å². The first-order valence-electron chi connectivity index (χ1n) is 3.48. The summed E-state index contributed by atoms with van der Waals surface area (Å²) in [5.41, 5.74) is -0.0522. The molecule has 0 heterocycles. The van der Waals surface area contributed by atoms with Crippen molar-refractivity contribution in [3.05, 3.63) is 22.2 Å². The number of carbonyl (C=O) groups excluding carboxylic acids is 1. The molecule has 0 aliphatic rings. The van der Waals surface area contributed by atoms with Crippen LogP contribution >= 0.6 is 15.9 Å². The number of aliphatic imine (C=N–C) groups is 1. The number of rotatable bonds is 2. The SMILES string of the molecule is O=C=NC(F)c1cc(O)c(O)cc1Br. The van der Waals surface area contributed by atoms with Crippen LogP contribution in [0.3, 0.4) is 0 Å². The van der Waals surface area contributed by atoms with Gasteiger partial charge in [0.25, 0.3) is 0 Å². The quantitative estimate of drug-likeness (QED) is 0.371. The van der Waals surface area contributed by atoms with Crippen LogP contribution in [0.15, 0.2) is 21.6 Å². The lowest BCUT2D eigenvalue weighted by atomic mass is 10.2. The van der Waals surface area contributed by atoms with E-state index in [-0.39, 0.29) is 15.8 Å². The lowest BCUT2D eigenvalue weighted by Crippen LogP contribution is -1.89. The number of aromatic hydroxyl groups is 2. The first-order valence-corrected chi connectivity index (χ1v) is 4.28. The van der Waals surface area contributed by atoms with Crippen LogP contribution in [0.2, 0.25) is 0 Å². The number of isocyanates is 1. The Kier molecular flexibility index (Phi) is 3.22. The minimum atomic E-state index is -1.91. The fourth-order valence-corrected chi connectivity index (χ4v) is 1.39. The predicted octanol–water partition coefficient (Wildman–Crippen LogP) is 2.16. The Morgan fingerprint density at radius 2 is 2.00 bits per heavy atom. The fourth-order valence-electron chi connectivity index (χ4n) is 0.866. The molecule has 0 spiro atoms. The average molecular weight is 262 g/mol. The smallest absolute Gasteiger partial charge is 0.238 e. The number of benzene rings is 1. The van der Waals surface area contributed by atoms with Crippen molar-refractivity contribution in [3.63, 3.8) is 0 Å². The monoisotopic (exact) mass is 261 g/mol. The summed E-state index contributed by atoms with van der Waals surface area (Å²) < 4.78 is 13.3. The van der Waals surface area contributed by atoms with Gasteiger partial charge in [-0.3, -0.25) is 0 Å². The maximum Gasteiger partial charge on any atom is 0.238 e. The Morgan fingerprint density at radius 3 is 2.57 bits per heavy atom. The number of halogens is 2. The zero-order chi connectivity index (χ0) is 10.7. The zero-order valence-electron chi connectivity index (χ0n) is 6.74. The van der Waals surface area contributed by atoms with Crippen molar-refractivity contribution < 1.29 is 19.4 Å². The number of nitrogens with zero attached hydrogens (tertiary/aromatic N) is 1. The van der Waals surface area contributed by atoms with Gasteiger partial charge in [-0.15, -0.1) is 0 Å². The molecule has 6 heteroatoms. The van der Waals surface area contributed by atoms with Gasteiger partial charge in [-0.1, -0.05) is 15.9 Å². The molecule has 1 aromatic rings. The maximum absolute atomic E-state index is 13.1. The highest BCUT2D eigenvalue weighted by molar-refractivity contribution is 9.10. The summed E-state index contributed by atoms with van der Waals surface area (Å²) in [5.74, 6) is -0.866. The van der Waals surface area contributed by atoms with Crippen LogP contribution in [0.5, 0.6) is 11.5 Å². The van der Waals surface area contributed by atoms with Crippen molar-refractivity contribution in [1.82, 2.24) is 0 Å². The third kappa shape index (κ3) is 2.10. The van der Waals surface area contributed by atoms with Crippen LogP contribution in [-0.4, -0.2) is 16.3 Å². The molecule has 74 valence electrons. The largest absolute Gasteiger partial charge is 0.504 e. The average Bonchev–Trinajstić information content (AvgIpc) is 2.11. The second kappa shape index (κ2) is 4.21. The highest BCUT2D eigenvalue weighted by Gasteiger charge is 2.15. The van der Waals surface area contributed by atoms with Crippen molar-refractivity contribution in [2.24, 2.45) is 4.99 Å². The van der Waals surface area contributed by atoms with Crippen LogP contribution in [0.1, 0.15) is 11.9 Å². The highest BCUT2D eigenvalue weighted by atomic mass is 79.9. The molecule has 0 radical (unpaired) electrons. The van der Waals surface area contributed by atoms with E-state index in [4.69, 9.17) is 10.2 Å². The Labute approximate surface area is 86.8 Å². The summed E-state index contributed by atoms with van der Waals surface area (Å²) in [4.78, 5) is 12.6. The number of phenols is 2. The molecular weight excluding hydrogens is 257 g/mol. The molecule has 0 amide bonds. The molecule has 0 saturated heterocycles. The number of hydrogen-bond donors (Lipinski definition) is 2. The summed E-state index contributed by atoms with van der Waals surface area (Å²) >= 11 is 2.95. The van der Waals surface area contributed by atoms with Gasteiger partial charge in [-0.25, -0.2) is 9.18 Å². The molecule has 0 aliphatic carbocycles. The minimum Gasteiger partial charge on any atom is -0.504 e. The molecule has 1 aromatic carbocycles. The van der Waals surface area contributed by atoms with Gasteiger partial charge in [0.2, 0.25) is 12.4 Å². The molecule has 1 atom stereocenters. The van der Waals surface area contributed by atoms with E-state index in [0.29, 0.717) is 0 Å². The van der Waals surface area contributed by atoms with Gasteiger partial charge in [0.1, 0.15) is 0 Å². The molecular formula is C8H5BrFNO3. The van der Waals surface area contributed by atoms with Gasteiger partial charge < -0.3 is 10.2 Å². The first kappa shape index (κ1) is 10.7.